The van der Waals surface area contributed by atoms with Crippen LogP contribution in [0.2, 0.25) is 0 Å². The number of carbonyl (C=O) groups excluding carboxylic acids is 1. The van der Waals surface area contributed by atoms with Crippen molar-refractivity contribution >= 4 is 11.7 Å². The maximum atomic E-state index is 12.7. The summed E-state index contributed by atoms with van der Waals surface area (Å²) in [6.45, 7) is 0.726. The van der Waals surface area contributed by atoms with Crippen LogP contribution in [0.1, 0.15) is 24.4 Å². The van der Waals surface area contributed by atoms with Gasteiger partial charge in [0.15, 0.2) is 0 Å². The Bertz CT molecular complexity index is 703. The number of nitrogens with one attached hydrogen (secondary N) is 1. The zero-order valence-electron chi connectivity index (χ0n) is 14.0. The third-order valence-electron chi connectivity index (χ3n) is 4.33. The Hall–Kier alpha value is -2.69. The Labute approximate surface area is 142 Å². The molecule has 1 atom stereocenters. The summed E-state index contributed by atoms with van der Waals surface area (Å²) in [6, 6.07) is 15.1. The molecule has 5 heteroatoms. The number of nitrogens with zero attached hydrogens (tertiary/aromatic N) is 1. The minimum absolute atomic E-state index is 0.0150. The quantitative estimate of drug-likeness (QED) is 0.921. The molecule has 1 aliphatic rings. The van der Waals surface area contributed by atoms with Gasteiger partial charge in [-0.05, 0) is 43.2 Å². The lowest BCUT2D eigenvalue weighted by Gasteiger charge is -2.27. The maximum absolute atomic E-state index is 12.7. The number of carbonyl (C=O) groups is 1. The molecule has 24 heavy (non-hydrogen) atoms. The van der Waals surface area contributed by atoms with E-state index < -0.39 is 0 Å². The van der Waals surface area contributed by atoms with Gasteiger partial charge in [-0.1, -0.05) is 18.2 Å². The number of likely N-dealkylation sites (tertiary alicyclic amines) is 1. The number of para-hydroxylation sites is 1. The van der Waals surface area contributed by atoms with E-state index in [1.54, 1.807) is 14.2 Å². The molecular formula is C19H22N2O3. The van der Waals surface area contributed by atoms with Crippen LogP contribution < -0.4 is 14.8 Å². The monoisotopic (exact) mass is 326 g/mol. The van der Waals surface area contributed by atoms with Gasteiger partial charge in [0, 0.05) is 17.8 Å². The van der Waals surface area contributed by atoms with Crippen molar-refractivity contribution in [2.45, 2.75) is 18.9 Å². The molecule has 1 fully saturated rings. The van der Waals surface area contributed by atoms with Crippen molar-refractivity contribution < 1.29 is 14.3 Å². The first-order valence-electron chi connectivity index (χ1n) is 8.07. The van der Waals surface area contributed by atoms with Gasteiger partial charge in [0.05, 0.1) is 20.3 Å². The number of anilines is 1. The number of urea groups is 1. The van der Waals surface area contributed by atoms with Crippen molar-refractivity contribution in [3.8, 4) is 11.5 Å². The Morgan fingerprint density at radius 2 is 1.92 bits per heavy atom. The predicted octanol–water partition coefficient (Wildman–Crippen LogP) is 4.07. The molecule has 2 amide bonds. The molecule has 0 radical (unpaired) electrons. The van der Waals surface area contributed by atoms with E-state index in [0.29, 0.717) is 0 Å². The van der Waals surface area contributed by atoms with E-state index >= 15 is 0 Å². The number of benzene rings is 2. The highest BCUT2D eigenvalue weighted by molar-refractivity contribution is 5.89. The minimum Gasteiger partial charge on any atom is -0.497 e. The molecule has 1 N–H and O–H groups in total. The van der Waals surface area contributed by atoms with E-state index in [1.807, 2.05) is 53.4 Å². The molecule has 5 nitrogen and oxygen atoms in total. The lowest BCUT2D eigenvalue weighted by Crippen LogP contribution is -2.34. The van der Waals surface area contributed by atoms with Crippen LogP contribution in [0, 0.1) is 0 Å². The highest BCUT2D eigenvalue weighted by Crippen LogP contribution is 2.39. The van der Waals surface area contributed by atoms with Crippen molar-refractivity contribution in [3.05, 3.63) is 54.1 Å². The fourth-order valence-corrected chi connectivity index (χ4v) is 3.15. The summed E-state index contributed by atoms with van der Waals surface area (Å²) in [6.07, 6.45) is 1.87. The van der Waals surface area contributed by atoms with Gasteiger partial charge < -0.3 is 19.7 Å². The Balaban J connectivity index is 1.84. The summed E-state index contributed by atoms with van der Waals surface area (Å²) in [5, 5.41) is 2.96. The van der Waals surface area contributed by atoms with Crippen molar-refractivity contribution in [1.82, 2.24) is 4.90 Å². The molecule has 1 unspecified atom stereocenters. The van der Waals surface area contributed by atoms with E-state index in [0.717, 1.165) is 42.1 Å². The fourth-order valence-electron chi connectivity index (χ4n) is 3.15. The standard InChI is InChI=1S/C19H22N2O3/c1-23-15-10-11-18(24-2)16(13-15)17-9-6-12-21(17)19(22)20-14-7-4-3-5-8-14/h3-5,7-8,10-11,13,17H,6,9,12H2,1-2H3,(H,20,22). The lowest BCUT2D eigenvalue weighted by atomic mass is 10.0. The highest BCUT2D eigenvalue weighted by Gasteiger charge is 2.32. The molecule has 0 spiro atoms. The summed E-state index contributed by atoms with van der Waals surface area (Å²) in [5.74, 6) is 1.54. The molecule has 0 aliphatic carbocycles. The van der Waals surface area contributed by atoms with Crippen molar-refractivity contribution in [3.63, 3.8) is 0 Å². The first-order valence-corrected chi connectivity index (χ1v) is 8.07. The van der Waals surface area contributed by atoms with E-state index in [9.17, 15) is 4.79 Å². The molecule has 1 heterocycles. The van der Waals surface area contributed by atoms with Gasteiger partial charge in [0.2, 0.25) is 0 Å². The van der Waals surface area contributed by atoms with E-state index in [1.165, 1.54) is 0 Å². The summed E-state index contributed by atoms with van der Waals surface area (Å²) in [4.78, 5) is 14.6. The highest BCUT2D eigenvalue weighted by atomic mass is 16.5. The van der Waals surface area contributed by atoms with Crippen LogP contribution in [0.5, 0.6) is 11.5 Å². The molecule has 3 rings (SSSR count). The zero-order chi connectivity index (χ0) is 16.9. The second-order valence-corrected chi connectivity index (χ2v) is 5.76. The zero-order valence-corrected chi connectivity index (χ0v) is 14.0. The summed E-state index contributed by atoms with van der Waals surface area (Å²) in [7, 11) is 3.29. The number of amides is 2. The summed E-state index contributed by atoms with van der Waals surface area (Å²) < 4.78 is 10.8. The molecular weight excluding hydrogens is 304 g/mol. The molecule has 0 saturated carbocycles. The van der Waals surface area contributed by atoms with Gasteiger partial charge in [-0.2, -0.15) is 0 Å². The number of methoxy groups -OCH3 is 2. The molecule has 1 aliphatic heterocycles. The normalized spacial score (nSPS) is 16.8. The average Bonchev–Trinajstić information content (AvgIpc) is 3.11. The van der Waals surface area contributed by atoms with E-state index in [-0.39, 0.29) is 12.1 Å². The Morgan fingerprint density at radius 1 is 1.12 bits per heavy atom. The number of ether oxygens (including phenoxy) is 2. The van der Waals surface area contributed by atoms with Crippen LogP contribution in [0.4, 0.5) is 10.5 Å². The minimum atomic E-state index is -0.0893. The maximum Gasteiger partial charge on any atom is 0.322 e. The first kappa shape index (κ1) is 16.2. The second-order valence-electron chi connectivity index (χ2n) is 5.76. The van der Waals surface area contributed by atoms with Crippen LogP contribution in [0.3, 0.4) is 0 Å². The van der Waals surface area contributed by atoms with Gasteiger partial charge >= 0.3 is 6.03 Å². The average molecular weight is 326 g/mol. The largest absolute Gasteiger partial charge is 0.497 e. The number of hydrogen-bond acceptors (Lipinski definition) is 3. The number of hydrogen-bond donors (Lipinski definition) is 1. The second kappa shape index (κ2) is 7.25. The van der Waals surface area contributed by atoms with Gasteiger partial charge in [0.1, 0.15) is 11.5 Å². The van der Waals surface area contributed by atoms with Gasteiger partial charge in [0.25, 0.3) is 0 Å². The topological polar surface area (TPSA) is 50.8 Å². The first-order chi connectivity index (χ1) is 11.7. The SMILES string of the molecule is COc1ccc(OC)c(C2CCCN2C(=O)Nc2ccccc2)c1. The van der Waals surface area contributed by atoms with Crippen molar-refractivity contribution in [2.75, 3.05) is 26.1 Å². The summed E-state index contributed by atoms with van der Waals surface area (Å²) in [5.41, 5.74) is 1.78. The van der Waals surface area contributed by atoms with Gasteiger partial charge in [-0.3, -0.25) is 0 Å². The van der Waals surface area contributed by atoms with Crippen LogP contribution in [0.15, 0.2) is 48.5 Å². The lowest BCUT2D eigenvalue weighted by molar-refractivity contribution is 0.206. The molecule has 1 saturated heterocycles. The van der Waals surface area contributed by atoms with Crippen LogP contribution >= 0.6 is 0 Å². The smallest absolute Gasteiger partial charge is 0.322 e. The number of rotatable bonds is 4. The van der Waals surface area contributed by atoms with Gasteiger partial charge in [-0.25, -0.2) is 4.79 Å². The van der Waals surface area contributed by atoms with Gasteiger partial charge in [-0.15, -0.1) is 0 Å². The molecule has 0 bridgehead atoms. The molecule has 126 valence electrons. The van der Waals surface area contributed by atoms with Crippen molar-refractivity contribution in [2.24, 2.45) is 0 Å². The Morgan fingerprint density at radius 3 is 2.62 bits per heavy atom. The van der Waals surface area contributed by atoms with Crippen molar-refractivity contribution in [1.29, 1.82) is 0 Å². The summed E-state index contributed by atoms with van der Waals surface area (Å²) >= 11 is 0. The van der Waals surface area contributed by atoms with E-state index in [2.05, 4.69) is 5.32 Å². The van der Waals surface area contributed by atoms with Crippen LogP contribution in [0.25, 0.3) is 0 Å². The Kier molecular flexibility index (Phi) is 4.89. The molecule has 2 aromatic rings. The van der Waals surface area contributed by atoms with E-state index in [4.69, 9.17) is 9.47 Å². The fraction of sp³-hybridized carbons (Fsp3) is 0.316. The molecule has 2 aromatic carbocycles. The molecule has 0 aromatic heterocycles. The van der Waals surface area contributed by atoms with Crippen LogP contribution in [-0.2, 0) is 0 Å². The third kappa shape index (κ3) is 3.30. The van der Waals surface area contributed by atoms with Crippen LogP contribution in [-0.4, -0.2) is 31.7 Å². The third-order valence-corrected chi connectivity index (χ3v) is 4.33. The predicted molar refractivity (Wildman–Crippen MR) is 93.7 cm³/mol.